The highest BCUT2D eigenvalue weighted by Gasteiger charge is 2.31. The molecule has 5 nitrogen and oxygen atoms in total. The molecule has 0 fully saturated rings. The summed E-state index contributed by atoms with van der Waals surface area (Å²) in [6.45, 7) is 2.89. The van der Waals surface area contributed by atoms with Crippen LogP contribution in [0.5, 0.6) is 0 Å². The van der Waals surface area contributed by atoms with E-state index in [1.807, 2.05) is 58.8 Å². The summed E-state index contributed by atoms with van der Waals surface area (Å²) in [6, 6.07) is 16.7. The minimum absolute atomic E-state index is 0.225. The number of imidazole rings is 1. The van der Waals surface area contributed by atoms with Gasteiger partial charge in [-0.1, -0.05) is 55.5 Å². The lowest BCUT2D eigenvalue weighted by Gasteiger charge is -2.21. The van der Waals surface area contributed by atoms with Crippen LogP contribution in [0.25, 0.3) is 22.4 Å². The number of para-hydroxylation sites is 1. The molecule has 174 valence electrons. The fourth-order valence-corrected chi connectivity index (χ4v) is 5.76. The van der Waals surface area contributed by atoms with Crippen LogP contribution in [-0.4, -0.2) is 31.3 Å². The zero-order valence-electron chi connectivity index (χ0n) is 19.2. The maximum Gasteiger partial charge on any atom is 0.170 e. The molecular weight excluding hydrogens is 457 g/mol. The Morgan fingerprint density at radius 1 is 1.06 bits per heavy atom. The van der Waals surface area contributed by atoms with Gasteiger partial charge in [0.25, 0.3) is 0 Å². The van der Waals surface area contributed by atoms with Crippen molar-refractivity contribution in [3.8, 4) is 5.69 Å². The minimum Gasteiger partial charge on any atom is -0.368 e. The maximum absolute atomic E-state index is 13.3. The summed E-state index contributed by atoms with van der Waals surface area (Å²) in [5, 5.41) is 6.05. The highest BCUT2D eigenvalue weighted by Crippen LogP contribution is 2.45. The number of thioether (sulfide) groups is 1. The van der Waals surface area contributed by atoms with Crippen molar-refractivity contribution < 1.29 is 4.39 Å². The molecule has 2 atom stereocenters. The number of nitrogens with one attached hydrogen (secondary N) is 1. The predicted molar refractivity (Wildman–Crippen MR) is 141 cm³/mol. The van der Waals surface area contributed by atoms with Gasteiger partial charge in [0.05, 0.1) is 0 Å². The first-order valence-electron chi connectivity index (χ1n) is 11.7. The number of hydrogen-bond donors (Lipinski definition) is 1. The molecular formula is C28H24FN5S. The van der Waals surface area contributed by atoms with E-state index in [4.69, 9.17) is 9.97 Å². The molecule has 7 heteroatoms. The molecule has 1 aliphatic carbocycles. The quantitative estimate of drug-likeness (QED) is 0.355. The second-order valence-electron chi connectivity index (χ2n) is 8.78. The lowest BCUT2D eigenvalue weighted by atomic mass is 9.91. The van der Waals surface area contributed by atoms with Crippen molar-refractivity contribution in [1.29, 1.82) is 0 Å². The lowest BCUT2D eigenvalue weighted by molar-refractivity contribution is 0.627. The molecule has 0 bridgehead atoms. The van der Waals surface area contributed by atoms with Gasteiger partial charge in [-0.15, -0.1) is 11.8 Å². The standard InChI is InChI=1S/C28H24FN5S/c1-18-6-5-9-22-23(16-35-25(18)22)26-32-27(30-15-14-19-10-12-20(29)13-11-19)24-28(33-26)34(17-31-24)21-7-3-2-4-8-21/h2-13,16-18,25H,14-15H2,1H3,(H,30,32,33). The highest BCUT2D eigenvalue weighted by atomic mass is 32.2. The van der Waals surface area contributed by atoms with Crippen molar-refractivity contribution in [3.63, 3.8) is 0 Å². The van der Waals surface area contributed by atoms with Crippen LogP contribution >= 0.6 is 11.8 Å². The Morgan fingerprint density at radius 2 is 1.89 bits per heavy atom. The zero-order chi connectivity index (χ0) is 23.8. The van der Waals surface area contributed by atoms with Gasteiger partial charge in [0.1, 0.15) is 12.1 Å². The summed E-state index contributed by atoms with van der Waals surface area (Å²) in [7, 11) is 0. The summed E-state index contributed by atoms with van der Waals surface area (Å²) in [5.74, 6) is 1.64. The van der Waals surface area contributed by atoms with Crippen LogP contribution in [0.1, 0.15) is 18.3 Å². The predicted octanol–water partition coefficient (Wildman–Crippen LogP) is 6.20. The second-order valence-corrected chi connectivity index (χ2v) is 9.79. The number of hydrogen-bond acceptors (Lipinski definition) is 5. The van der Waals surface area contributed by atoms with E-state index in [0.29, 0.717) is 29.4 Å². The van der Waals surface area contributed by atoms with Crippen LogP contribution in [0.3, 0.4) is 0 Å². The van der Waals surface area contributed by atoms with Crippen LogP contribution < -0.4 is 5.32 Å². The Balaban J connectivity index is 1.39. The van der Waals surface area contributed by atoms with Gasteiger partial charge in [-0.2, -0.15) is 0 Å². The molecule has 0 saturated heterocycles. The fourth-order valence-electron chi connectivity index (χ4n) is 4.54. The minimum atomic E-state index is -0.225. The Hall–Kier alpha value is -3.71. The average molecular weight is 482 g/mol. The van der Waals surface area contributed by atoms with Crippen molar-refractivity contribution in [1.82, 2.24) is 19.5 Å². The van der Waals surface area contributed by atoms with Crippen molar-refractivity contribution in [2.75, 3.05) is 11.9 Å². The molecule has 0 saturated carbocycles. The van der Waals surface area contributed by atoms with Gasteiger partial charge in [0, 0.05) is 23.1 Å². The zero-order valence-corrected chi connectivity index (χ0v) is 20.0. The van der Waals surface area contributed by atoms with Crippen LogP contribution in [-0.2, 0) is 6.42 Å². The SMILES string of the molecule is CC1C=CC=C2C(c3nc(NCCc4ccc(F)cc4)c4ncn(-c5ccccc5)c4n3)=CSC21. The van der Waals surface area contributed by atoms with Crippen LogP contribution in [0.15, 0.2) is 90.1 Å². The molecule has 0 amide bonds. The molecule has 1 N–H and O–H groups in total. The van der Waals surface area contributed by atoms with Gasteiger partial charge in [0.2, 0.25) is 0 Å². The van der Waals surface area contributed by atoms with Gasteiger partial charge in [-0.25, -0.2) is 19.3 Å². The maximum atomic E-state index is 13.3. The molecule has 2 aliphatic rings. The number of benzene rings is 2. The number of fused-ring (bicyclic) bond motifs is 2. The van der Waals surface area contributed by atoms with E-state index >= 15 is 0 Å². The molecule has 0 spiro atoms. The largest absolute Gasteiger partial charge is 0.368 e. The summed E-state index contributed by atoms with van der Waals surface area (Å²) in [6.07, 6.45) is 9.10. The first-order valence-corrected chi connectivity index (χ1v) is 12.7. The van der Waals surface area contributed by atoms with Gasteiger partial charge < -0.3 is 5.32 Å². The molecule has 2 aromatic carbocycles. The monoisotopic (exact) mass is 481 g/mol. The van der Waals surface area contributed by atoms with Gasteiger partial charge in [-0.05, 0) is 53.1 Å². The normalized spacial score (nSPS) is 18.9. The summed E-state index contributed by atoms with van der Waals surface area (Å²) in [5.41, 5.74) is 5.89. The van der Waals surface area contributed by atoms with Gasteiger partial charge in [-0.3, -0.25) is 4.57 Å². The molecule has 4 aromatic rings. The first-order chi connectivity index (χ1) is 17.2. The topological polar surface area (TPSA) is 55.6 Å². The van der Waals surface area contributed by atoms with E-state index in [0.717, 1.165) is 34.4 Å². The Kier molecular flexibility index (Phi) is 5.70. The molecule has 2 unspecified atom stereocenters. The van der Waals surface area contributed by atoms with E-state index in [9.17, 15) is 4.39 Å². The highest BCUT2D eigenvalue weighted by molar-refractivity contribution is 8.03. The molecule has 1 aliphatic heterocycles. The van der Waals surface area contributed by atoms with Gasteiger partial charge >= 0.3 is 0 Å². The fraction of sp³-hybridized carbons (Fsp3) is 0.179. The molecule has 35 heavy (non-hydrogen) atoms. The Morgan fingerprint density at radius 3 is 2.71 bits per heavy atom. The third kappa shape index (κ3) is 4.17. The van der Waals surface area contributed by atoms with Gasteiger partial charge in [0.15, 0.2) is 22.8 Å². The number of aromatic nitrogens is 4. The van der Waals surface area contributed by atoms with E-state index in [-0.39, 0.29) is 5.82 Å². The van der Waals surface area contributed by atoms with Crippen LogP contribution in [0.2, 0.25) is 0 Å². The van der Waals surface area contributed by atoms with Crippen molar-refractivity contribution >= 4 is 34.3 Å². The number of anilines is 1. The molecule has 2 aromatic heterocycles. The first kappa shape index (κ1) is 21.8. The second kappa shape index (κ2) is 9.15. The van der Waals surface area contributed by atoms with E-state index < -0.39 is 0 Å². The Bertz CT molecular complexity index is 1470. The van der Waals surface area contributed by atoms with E-state index in [1.165, 1.54) is 17.7 Å². The number of rotatable bonds is 6. The number of nitrogens with zero attached hydrogens (tertiary/aromatic N) is 4. The number of halogens is 1. The summed E-state index contributed by atoms with van der Waals surface area (Å²) >= 11 is 1.83. The molecule has 3 heterocycles. The average Bonchev–Trinajstić information content (AvgIpc) is 3.51. The summed E-state index contributed by atoms with van der Waals surface area (Å²) < 4.78 is 15.3. The van der Waals surface area contributed by atoms with E-state index in [1.54, 1.807) is 6.33 Å². The van der Waals surface area contributed by atoms with Crippen LogP contribution in [0, 0.1) is 11.7 Å². The van der Waals surface area contributed by atoms with Crippen molar-refractivity contribution in [2.24, 2.45) is 5.92 Å². The van der Waals surface area contributed by atoms with Crippen LogP contribution in [0.4, 0.5) is 10.2 Å². The smallest absolute Gasteiger partial charge is 0.170 e. The third-order valence-corrected chi connectivity index (χ3v) is 7.76. The number of allylic oxidation sites excluding steroid dienone is 4. The van der Waals surface area contributed by atoms with Crippen molar-refractivity contribution in [2.45, 2.75) is 18.6 Å². The summed E-state index contributed by atoms with van der Waals surface area (Å²) in [4.78, 5) is 14.6. The Labute approximate surface area is 207 Å². The van der Waals surface area contributed by atoms with E-state index in [2.05, 4.69) is 40.9 Å². The molecule has 0 radical (unpaired) electrons. The third-order valence-electron chi connectivity index (χ3n) is 6.41. The molecule has 6 rings (SSSR count). The lowest BCUT2D eigenvalue weighted by Crippen LogP contribution is -2.16. The van der Waals surface area contributed by atoms with Crippen molar-refractivity contribution in [3.05, 3.63) is 107 Å².